The minimum Gasteiger partial charge on any atom is -0.393 e. The van der Waals surface area contributed by atoms with Gasteiger partial charge >= 0.3 is 0 Å². The van der Waals surface area contributed by atoms with Crippen molar-refractivity contribution in [1.82, 2.24) is 15.3 Å². The molecule has 0 amide bonds. The third-order valence-electron chi connectivity index (χ3n) is 3.64. The fraction of sp³-hybridized carbons (Fsp3) is 0.667. The number of hydrogen-bond acceptors (Lipinski definition) is 5. The fourth-order valence-electron chi connectivity index (χ4n) is 2.43. The number of piperidine rings is 1. The average molecular weight is 234 g/mol. The van der Waals surface area contributed by atoms with Crippen LogP contribution in [-0.2, 0) is 0 Å². The molecule has 3 heterocycles. The van der Waals surface area contributed by atoms with Crippen LogP contribution in [0.25, 0.3) is 0 Å². The van der Waals surface area contributed by atoms with Crippen LogP contribution in [-0.4, -0.2) is 47.4 Å². The number of nitrogens with one attached hydrogen (secondary N) is 1. The van der Waals surface area contributed by atoms with Crippen molar-refractivity contribution in [3.05, 3.63) is 18.1 Å². The van der Waals surface area contributed by atoms with Crippen molar-refractivity contribution >= 4 is 5.82 Å². The SMILES string of the molecule is OC1CCN(c2nccnc2C2CNC2)CC1. The van der Waals surface area contributed by atoms with Crippen LogP contribution in [0.2, 0.25) is 0 Å². The van der Waals surface area contributed by atoms with Crippen LogP contribution in [0.3, 0.4) is 0 Å². The first-order valence-electron chi connectivity index (χ1n) is 6.29. The Balaban J connectivity index is 1.81. The molecule has 5 heteroatoms. The van der Waals surface area contributed by atoms with Crippen molar-refractivity contribution in [2.45, 2.75) is 24.9 Å². The number of nitrogens with zero attached hydrogens (tertiary/aromatic N) is 3. The van der Waals surface area contributed by atoms with Crippen molar-refractivity contribution in [3.63, 3.8) is 0 Å². The Bertz CT molecular complexity index is 386. The molecule has 2 aliphatic rings. The Morgan fingerprint density at radius 1 is 1.18 bits per heavy atom. The highest BCUT2D eigenvalue weighted by Gasteiger charge is 2.27. The molecule has 1 aromatic rings. The van der Waals surface area contributed by atoms with Gasteiger partial charge in [0.1, 0.15) is 0 Å². The summed E-state index contributed by atoms with van der Waals surface area (Å²) >= 11 is 0. The summed E-state index contributed by atoms with van der Waals surface area (Å²) in [7, 11) is 0. The van der Waals surface area contributed by atoms with Gasteiger partial charge in [-0.3, -0.25) is 4.98 Å². The summed E-state index contributed by atoms with van der Waals surface area (Å²) in [5.41, 5.74) is 1.11. The molecule has 92 valence electrons. The second-order valence-electron chi connectivity index (χ2n) is 4.84. The molecule has 5 nitrogen and oxygen atoms in total. The lowest BCUT2D eigenvalue weighted by Gasteiger charge is -2.34. The molecule has 2 N–H and O–H groups in total. The molecule has 2 aliphatic heterocycles. The molecule has 0 spiro atoms. The van der Waals surface area contributed by atoms with E-state index >= 15 is 0 Å². The molecule has 0 aliphatic carbocycles. The summed E-state index contributed by atoms with van der Waals surface area (Å²) in [6.07, 6.45) is 5.06. The average Bonchev–Trinajstić information content (AvgIpc) is 2.29. The van der Waals surface area contributed by atoms with E-state index in [1.54, 1.807) is 12.4 Å². The number of aromatic nitrogens is 2. The highest BCUT2D eigenvalue weighted by molar-refractivity contribution is 5.46. The minimum absolute atomic E-state index is 0.142. The maximum Gasteiger partial charge on any atom is 0.150 e. The van der Waals surface area contributed by atoms with Crippen molar-refractivity contribution in [1.29, 1.82) is 0 Å². The van der Waals surface area contributed by atoms with Crippen molar-refractivity contribution < 1.29 is 5.11 Å². The van der Waals surface area contributed by atoms with Gasteiger partial charge in [0.25, 0.3) is 0 Å². The fourth-order valence-corrected chi connectivity index (χ4v) is 2.43. The van der Waals surface area contributed by atoms with Crippen molar-refractivity contribution in [3.8, 4) is 0 Å². The van der Waals surface area contributed by atoms with E-state index in [1.807, 2.05) is 0 Å². The zero-order chi connectivity index (χ0) is 11.7. The monoisotopic (exact) mass is 234 g/mol. The van der Waals surface area contributed by atoms with Gasteiger partial charge in [-0.25, -0.2) is 4.98 Å². The van der Waals surface area contributed by atoms with Crippen LogP contribution in [0.15, 0.2) is 12.4 Å². The molecule has 0 atom stereocenters. The van der Waals surface area contributed by atoms with Crippen LogP contribution < -0.4 is 10.2 Å². The summed E-state index contributed by atoms with van der Waals surface area (Å²) < 4.78 is 0. The zero-order valence-electron chi connectivity index (χ0n) is 9.84. The number of anilines is 1. The largest absolute Gasteiger partial charge is 0.393 e. The van der Waals surface area contributed by atoms with E-state index in [2.05, 4.69) is 20.2 Å². The van der Waals surface area contributed by atoms with Gasteiger partial charge < -0.3 is 15.3 Å². The van der Waals surface area contributed by atoms with E-state index in [1.165, 1.54) is 0 Å². The maximum atomic E-state index is 9.54. The van der Waals surface area contributed by atoms with Gasteiger partial charge in [-0.15, -0.1) is 0 Å². The van der Waals surface area contributed by atoms with Crippen molar-refractivity contribution in [2.24, 2.45) is 0 Å². The van der Waals surface area contributed by atoms with Crippen LogP contribution >= 0.6 is 0 Å². The van der Waals surface area contributed by atoms with Gasteiger partial charge in [0.2, 0.25) is 0 Å². The molecule has 0 bridgehead atoms. The summed E-state index contributed by atoms with van der Waals surface area (Å²) in [5, 5.41) is 12.8. The van der Waals surface area contributed by atoms with Crippen LogP contribution in [0.4, 0.5) is 5.82 Å². The highest BCUT2D eigenvalue weighted by Crippen LogP contribution is 2.27. The van der Waals surface area contributed by atoms with Crippen molar-refractivity contribution in [2.75, 3.05) is 31.1 Å². The molecular weight excluding hydrogens is 216 g/mol. The number of aliphatic hydroxyl groups excluding tert-OH is 1. The second kappa shape index (κ2) is 4.58. The standard InChI is InChI=1S/C12H18N4O/c17-10-1-5-16(6-2-10)12-11(9-7-13-8-9)14-3-4-15-12/h3-4,9-10,13,17H,1-2,5-8H2. The summed E-state index contributed by atoms with van der Waals surface area (Å²) in [4.78, 5) is 11.2. The lowest BCUT2D eigenvalue weighted by atomic mass is 9.98. The Morgan fingerprint density at radius 3 is 2.53 bits per heavy atom. The Morgan fingerprint density at radius 2 is 1.88 bits per heavy atom. The van der Waals surface area contributed by atoms with Crippen LogP contribution in [0.1, 0.15) is 24.5 Å². The highest BCUT2D eigenvalue weighted by atomic mass is 16.3. The van der Waals surface area contributed by atoms with Gasteiger partial charge in [0, 0.05) is 44.5 Å². The molecule has 3 rings (SSSR count). The lowest BCUT2D eigenvalue weighted by Crippen LogP contribution is -2.43. The van der Waals surface area contributed by atoms with Gasteiger partial charge in [-0.2, -0.15) is 0 Å². The molecule has 0 saturated carbocycles. The second-order valence-corrected chi connectivity index (χ2v) is 4.84. The molecule has 2 fully saturated rings. The van der Waals surface area contributed by atoms with Gasteiger partial charge in [-0.1, -0.05) is 0 Å². The predicted octanol–water partition coefficient (Wildman–Crippen LogP) is 0.124. The normalized spacial score (nSPS) is 22.5. The first-order chi connectivity index (χ1) is 8.34. The van der Waals surface area contributed by atoms with E-state index in [4.69, 9.17) is 0 Å². The van der Waals surface area contributed by atoms with E-state index < -0.39 is 0 Å². The third-order valence-corrected chi connectivity index (χ3v) is 3.64. The summed E-state index contributed by atoms with van der Waals surface area (Å²) in [5.74, 6) is 1.52. The smallest absolute Gasteiger partial charge is 0.150 e. The van der Waals surface area contributed by atoms with E-state index in [9.17, 15) is 5.11 Å². The Kier molecular flexibility index (Phi) is 2.94. The Labute approximate surface area is 101 Å². The predicted molar refractivity (Wildman–Crippen MR) is 65.1 cm³/mol. The quantitative estimate of drug-likeness (QED) is 0.761. The van der Waals surface area contributed by atoms with Gasteiger partial charge in [0.15, 0.2) is 5.82 Å². The molecule has 0 radical (unpaired) electrons. The number of rotatable bonds is 2. The summed E-state index contributed by atoms with van der Waals surface area (Å²) in [6, 6.07) is 0. The maximum absolute atomic E-state index is 9.54. The van der Waals surface area contributed by atoms with E-state index in [0.29, 0.717) is 5.92 Å². The zero-order valence-corrected chi connectivity index (χ0v) is 9.84. The van der Waals surface area contributed by atoms with E-state index in [-0.39, 0.29) is 6.10 Å². The number of hydrogen-bond donors (Lipinski definition) is 2. The molecule has 1 aromatic heterocycles. The first kappa shape index (κ1) is 10.9. The minimum atomic E-state index is -0.142. The molecule has 17 heavy (non-hydrogen) atoms. The van der Waals surface area contributed by atoms with Gasteiger partial charge in [0.05, 0.1) is 11.8 Å². The number of aliphatic hydroxyl groups is 1. The first-order valence-corrected chi connectivity index (χ1v) is 6.29. The third kappa shape index (κ3) is 2.12. The summed E-state index contributed by atoms with van der Waals surface area (Å²) in [6.45, 7) is 3.77. The van der Waals surface area contributed by atoms with Crippen LogP contribution in [0.5, 0.6) is 0 Å². The van der Waals surface area contributed by atoms with Gasteiger partial charge in [-0.05, 0) is 12.8 Å². The van der Waals surface area contributed by atoms with E-state index in [0.717, 1.165) is 50.5 Å². The lowest BCUT2D eigenvalue weighted by molar-refractivity contribution is 0.145. The molecule has 0 unspecified atom stereocenters. The Hall–Kier alpha value is -1.20. The molecular formula is C12H18N4O. The van der Waals surface area contributed by atoms with Crippen LogP contribution in [0, 0.1) is 0 Å². The topological polar surface area (TPSA) is 61.3 Å². The molecule has 0 aromatic carbocycles. The molecule has 2 saturated heterocycles.